The number of benzene rings is 1. The first kappa shape index (κ1) is 14.7. The van der Waals surface area contributed by atoms with Crippen LogP contribution < -0.4 is 10.3 Å². The molecular weight excluding hydrogens is 302 g/mol. The second kappa shape index (κ2) is 5.52. The maximum absolute atomic E-state index is 12.5. The molecule has 3 rings (SSSR count). The Morgan fingerprint density at radius 2 is 2.17 bits per heavy atom. The number of methoxy groups -OCH3 is 1. The van der Waals surface area contributed by atoms with Crippen molar-refractivity contribution < 1.29 is 9.66 Å². The van der Waals surface area contributed by atoms with Gasteiger partial charge in [-0.3, -0.25) is 24.2 Å². The number of nitro groups is 1. The third-order valence-corrected chi connectivity index (χ3v) is 3.53. The highest BCUT2D eigenvalue weighted by molar-refractivity contribution is 5.72. The molecule has 0 fully saturated rings. The van der Waals surface area contributed by atoms with Gasteiger partial charge in [0.1, 0.15) is 17.5 Å². The molecule has 0 atom stereocenters. The summed E-state index contributed by atoms with van der Waals surface area (Å²) in [7, 11) is 3.17. The summed E-state index contributed by atoms with van der Waals surface area (Å²) in [5.74, 6) is 0.466. The number of nitrogens with zero attached hydrogens (tertiary/aromatic N) is 5. The Kier molecular flexibility index (Phi) is 3.53. The second-order valence-corrected chi connectivity index (χ2v) is 4.94. The van der Waals surface area contributed by atoms with Crippen molar-refractivity contribution in [3.63, 3.8) is 0 Å². The molecule has 0 aliphatic carbocycles. The number of aryl methyl sites for hydroxylation is 1. The second-order valence-electron chi connectivity index (χ2n) is 4.94. The number of hydrogen-bond donors (Lipinski definition) is 0. The molecule has 9 heteroatoms. The van der Waals surface area contributed by atoms with Crippen LogP contribution in [0.1, 0.15) is 5.56 Å². The number of nitro benzene ring substituents is 1. The molecule has 9 nitrogen and oxygen atoms in total. The van der Waals surface area contributed by atoms with Gasteiger partial charge in [-0.25, -0.2) is 4.98 Å². The summed E-state index contributed by atoms with van der Waals surface area (Å²) in [5.41, 5.74) is 0.673. The van der Waals surface area contributed by atoms with Crippen LogP contribution in [0.4, 0.5) is 5.69 Å². The lowest BCUT2D eigenvalue weighted by atomic mass is 10.1. The van der Waals surface area contributed by atoms with Crippen LogP contribution in [0.2, 0.25) is 0 Å². The van der Waals surface area contributed by atoms with Gasteiger partial charge in [0.05, 0.1) is 24.8 Å². The molecule has 0 aliphatic rings. The zero-order valence-electron chi connectivity index (χ0n) is 12.5. The van der Waals surface area contributed by atoms with E-state index in [1.165, 1.54) is 47.1 Å². The molecule has 2 aromatic heterocycles. The van der Waals surface area contributed by atoms with Crippen molar-refractivity contribution in [3.8, 4) is 5.75 Å². The summed E-state index contributed by atoms with van der Waals surface area (Å²) in [6.07, 6.45) is 2.84. The number of hydrogen-bond acceptors (Lipinski definition) is 6. The minimum Gasteiger partial charge on any atom is -0.496 e. The molecule has 23 heavy (non-hydrogen) atoms. The molecule has 0 N–H and O–H groups in total. The summed E-state index contributed by atoms with van der Waals surface area (Å²) >= 11 is 0. The maximum atomic E-state index is 12.5. The lowest BCUT2D eigenvalue weighted by Crippen LogP contribution is -2.21. The van der Waals surface area contributed by atoms with Crippen LogP contribution in [0.25, 0.3) is 11.0 Å². The molecule has 0 saturated heterocycles. The van der Waals surface area contributed by atoms with E-state index in [1.54, 1.807) is 7.05 Å². The standard InChI is InChI=1S/C14H13N5O4/c1-17-13-11(6-16-17)14(20)18(8-15-13)7-9-5-10(19(21)22)3-4-12(9)23-2/h3-6,8H,7H2,1-2H3. The number of rotatable bonds is 4. The summed E-state index contributed by atoms with van der Waals surface area (Å²) in [5, 5.41) is 15.3. The van der Waals surface area contributed by atoms with E-state index >= 15 is 0 Å². The average Bonchev–Trinajstić information content (AvgIpc) is 2.92. The first-order chi connectivity index (χ1) is 11.0. The molecule has 118 valence electrons. The summed E-state index contributed by atoms with van der Waals surface area (Å²) in [6, 6.07) is 4.25. The Balaban J connectivity index is 2.08. The topological polar surface area (TPSA) is 105 Å². The van der Waals surface area contributed by atoms with Crippen molar-refractivity contribution in [2.45, 2.75) is 6.54 Å². The van der Waals surface area contributed by atoms with Gasteiger partial charge < -0.3 is 4.74 Å². The summed E-state index contributed by atoms with van der Waals surface area (Å²) in [4.78, 5) is 27.1. The number of ether oxygens (including phenoxy) is 1. The Morgan fingerprint density at radius 3 is 2.87 bits per heavy atom. The van der Waals surface area contributed by atoms with E-state index in [1.807, 2.05) is 0 Å². The normalized spacial score (nSPS) is 10.9. The largest absolute Gasteiger partial charge is 0.496 e. The first-order valence-electron chi connectivity index (χ1n) is 6.69. The van der Waals surface area contributed by atoms with E-state index in [0.717, 1.165) is 0 Å². The van der Waals surface area contributed by atoms with Crippen molar-refractivity contribution in [2.24, 2.45) is 7.05 Å². The molecule has 0 spiro atoms. The SMILES string of the molecule is COc1ccc([N+](=O)[O-])cc1Cn1cnc2c(cnn2C)c1=O. The van der Waals surface area contributed by atoms with Crippen LogP contribution in [-0.4, -0.2) is 31.4 Å². The van der Waals surface area contributed by atoms with E-state index < -0.39 is 4.92 Å². The minimum absolute atomic E-state index is 0.0655. The molecule has 0 unspecified atom stereocenters. The summed E-state index contributed by atoms with van der Waals surface area (Å²) in [6.45, 7) is 0.113. The van der Waals surface area contributed by atoms with Crippen LogP contribution >= 0.6 is 0 Å². The zero-order valence-corrected chi connectivity index (χ0v) is 12.5. The molecule has 3 aromatic rings. The van der Waals surface area contributed by atoms with E-state index in [4.69, 9.17) is 4.74 Å². The van der Waals surface area contributed by atoms with Crippen molar-refractivity contribution in [3.05, 3.63) is 56.8 Å². The Morgan fingerprint density at radius 1 is 1.39 bits per heavy atom. The highest BCUT2D eigenvalue weighted by Gasteiger charge is 2.14. The molecular formula is C14H13N5O4. The predicted octanol–water partition coefficient (Wildman–Crippen LogP) is 1.10. The van der Waals surface area contributed by atoms with Crippen molar-refractivity contribution in [1.29, 1.82) is 0 Å². The highest BCUT2D eigenvalue weighted by atomic mass is 16.6. The number of non-ortho nitro benzene ring substituents is 1. The third kappa shape index (κ3) is 2.52. The van der Waals surface area contributed by atoms with E-state index in [-0.39, 0.29) is 17.8 Å². The third-order valence-electron chi connectivity index (χ3n) is 3.53. The van der Waals surface area contributed by atoms with Gasteiger partial charge in [0.25, 0.3) is 11.2 Å². The Bertz CT molecular complexity index is 959. The number of fused-ring (bicyclic) bond motifs is 1. The van der Waals surface area contributed by atoms with Gasteiger partial charge in [-0.2, -0.15) is 5.10 Å². The van der Waals surface area contributed by atoms with Gasteiger partial charge in [0, 0.05) is 24.7 Å². The van der Waals surface area contributed by atoms with Gasteiger partial charge >= 0.3 is 0 Å². The first-order valence-corrected chi connectivity index (χ1v) is 6.69. The maximum Gasteiger partial charge on any atom is 0.270 e. The fourth-order valence-corrected chi connectivity index (χ4v) is 2.36. The Labute approximate surface area is 129 Å². The van der Waals surface area contributed by atoms with Crippen molar-refractivity contribution in [1.82, 2.24) is 19.3 Å². The zero-order chi connectivity index (χ0) is 16.6. The van der Waals surface area contributed by atoms with Gasteiger partial charge in [-0.1, -0.05) is 0 Å². The molecule has 0 saturated carbocycles. The van der Waals surface area contributed by atoms with E-state index in [9.17, 15) is 14.9 Å². The van der Waals surface area contributed by atoms with Crippen molar-refractivity contribution >= 4 is 16.7 Å². The quantitative estimate of drug-likeness (QED) is 0.527. The predicted molar refractivity (Wildman–Crippen MR) is 81.5 cm³/mol. The monoisotopic (exact) mass is 315 g/mol. The van der Waals surface area contributed by atoms with Crippen LogP contribution in [0.5, 0.6) is 5.75 Å². The van der Waals surface area contributed by atoms with Crippen LogP contribution in [0.15, 0.2) is 35.5 Å². The van der Waals surface area contributed by atoms with Gasteiger partial charge in [-0.15, -0.1) is 0 Å². The highest BCUT2D eigenvalue weighted by Crippen LogP contribution is 2.24. The van der Waals surface area contributed by atoms with Crippen molar-refractivity contribution in [2.75, 3.05) is 7.11 Å². The smallest absolute Gasteiger partial charge is 0.270 e. The van der Waals surface area contributed by atoms with Crippen LogP contribution in [-0.2, 0) is 13.6 Å². The fraction of sp³-hybridized carbons (Fsp3) is 0.214. The minimum atomic E-state index is -0.492. The van der Waals surface area contributed by atoms with Crippen LogP contribution in [0, 0.1) is 10.1 Å². The van der Waals surface area contributed by atoms with Gasteiger partial charge in [0.2, 0.25) is 0 Å². The summed E-state index contributed by atoms with van der Waals surface area (Å²) < 4.78 is 8.08. The number of aromatic nitrogens is 4. The fourth-order valence-electron chi connectivity index (χ4n) is 2.36. The lowest BCUT2D eigenvalue weighted by Gasteiger charge is -2.10. The lowest BCUT2D eigenvalue weighted by molar-refractivity contribution is -0.384. The Hall–Kier alpha value is -3.23. The molecule has 0 bridgehead atoms. The van der Waals surface area contributed by atoms with Gasteiger partial charge in [0.15, 0.2) is 5.65 Å². The molecule has 1 aromatic carbocycles. The molecule has 0 aliphatic heterocycles. The average molecular weight is 315 g/mol. The van der Waals surface area contributed by atoms with Crippen LogP contribution in [0.3, 0.4) is 0 Å². The molecule has 0 amide bonds. The van der Waals surface area contributed by atoms with Gasteiger partial charge in [-0.05, 0) is 6.07 Å². The van der Waals surface area contributed by atoms with E-state index in [0.29, 0.717) is 22.3 Å². The molecule has 2 heterocycles. The molecule has 0 radical (unpaired) electrons. The van der Waals surface area contributed by atoms with E-state index in [2.05, 4.69) is 10.1 Å².